The van der Waals surface area contributed by atoms with E-state index in [9.17, 15) is 4.79 Å². The van der Waals surface area contributed by atoms with Crippen molar-refractivity contribution < 1.29 is 4.79 Å². The standard InChI is InChI=1S/C18H36N2O/c1-3-5-6-7-8-9-14-18(21)20(4-2)17-13-11-10-12-16(17)15-19/h16-17H,3-15,19H2,1-2H3. The Hall–Kier alpha value is -0.570. The molecule has 0 aromatic carbocycles. The van der Waals surface area contributed by atoms with Gasteiger partial charge in [-0.25, -0.2) is 0 Å². The number of hydrogen-bond acceptors (Lipinski definition) is 2. The molecule has 0 radical (unpaired) electrons. The molecule has 0 aliphatic heterocycles. The first-order valence-corrected chi connectivity index (χ1v) is 9.24. The first-order valence-electron chi connectivity index (χ1n) is 9.24. The van der Waals surface area contributed by atoms with E-state index in [-0.39, 0.29) is 0 Å². The lowest BCUT2D eigenvalue weighted by Gasteiger charge is -2.39. The summed E-state index contributed by atoms with van der Waals surface area (Å²) in [6, 6.07) is 0.404. The molecule has 124 valence electrons. The number of nitrogens with two attached hydrogens (primary N) is 1. The van der Waals surface area contributed by atoms with Crippen molar-refractivity contribution in [3.05, 3.63) is 0 Å². The minimum absolute atomic E-state index is 0.360. The van der Waals surface area contributed by atoms with Crippen LogP contribution in [0.1, 0.15) is 84.5 Å². The van der Waals surface area contributed by atoms with Crippen molar-refractivity contribution in [2.75, 3.05) is 13.1 Å². The summed E-state index contributed by atoms with van der Waals surface area (Å²) in [7, 11) is 0. The summed E-state index contributed by atoms with van der Waals surface area (Å²) in [6.07, 6.45) is 13.1. The third kappa shape index (κ3) is 6.37. The molecule has 0 aromatic rings. The molecule has 1 rings (SSSR count). The smallest absolute Gasteiger partial charge is 0.222 e. The van der Waals surface area contributed by atoms with Gasteiger partial charge in [0.2, 0.25) is 5.91 Å². The lowest BCUT2D eigenvalue weighted by Crippen LogP contribution is -2.47. The molecule has 2 unspecified atom stereocenters. The largest absolute Gasteiger partial charge is 0.340 e. The highest BCUT2D eigenvalue weighted by molar-refractivity contribution is 5.76. The fraction of sp³-hybridized carbons (Fsp3) is 0.944. The number of carbonyl (C=O) groups excluding carboxylic acids is 1. The number of unbranched alkanes of at least 4 members (excludes halogenated alkanes) is 5. The molecule has 0 saturated heterocycles. The fourth-order valence-corrected chi connectivity index (χ4v) is 3.67. The number of carbonyl (C=O) groups is 1. The average Bonchev–Trinajstić information content (AvgIpc) is 2.52. The zero-order valence-electron chi connectivity index (χ0n) is 14.3. The molecule has 3 nitrogen and oxygen atoms in total. The Balaban J connectivity index is 2.34. The molecule has 3 heteroatoms. The maximum atomic E-state index is 12.5. The van der Waals surface area contributed by atoms with E-state index in [0.29, 0.717) is 17.9 Å². The predicted octanol–water partition coefficient (Wildman–Crippen LogP) is 4.10. The van der Waals surface area contributed by atoms with E-state index >= 15 is 0 Å². The topological polar surface area (TPSA) is 46.3 Å². The van der Waals surface area contributed by atoms with Crippen molar-refractivity contribution in [2.24, 2.45) is 11.7 Å². The summed E-state index contributed by atoms with van der Waals surface area (Å²) in [4.78, 5) is 14.6. The van der Waals surface area contributed by atoms with E-state index in [4.69, 9.17) is 5.73 Å². The van der Waals surface area contributed by atoms with Crippen molar-refractivity contribution in [2.45, 2.75) is 90.5 Å². The quantitative estimate of drug-likeness (QED) is 0.617. The molecule has 0 aromatic heterocycles. The van der Waals surface area contributed by atoms with E-state index < -0.39 is 0 Å². The lowest BCUT2D eigenvalue weighted by atomic mass is 9.83. The van der Waals surface area contributed by atoms with Crippen LogP contribution in [0, 0.1) is 5.92 Å². The van der Waals surface area contributed by atoms with Gasteiger partial charge in [0.05, 0.1) is 0 Å². The second kappa shape index (κ2) is 11.1. The van der Waals surface area contributed by atoms with Crippen LogP contribution in [0.15, 0.2) is 0 Å². The van der Waals surface area contributed by atoms with Crippen LogP contribution in [0.5, 0.6) is 0 Å². The molecule has 0 bridgehead atoms. The highest BCUT2D eigenvalue weighted by Gasteiger charge is 2.30. The molecule has 1 amide bonds. The molecule has 2 atom stereocenters. The fourth-order valence-electron chi connectivity index (χ4n) is 3.67. The Bertz CT molecular complexity index is 280. The minimum Gasteiger partial charge on any atom is -0.340 e. The van der Waals surface area contributed by atoms with E-state index in [1.807, 2.05) is 0 Å². The number of nitrogens with zero attached hydrogens (tertiary/aromatic N) is 1. The van der Waals surface area contributed by atoms with Gasteiger partial charge in [0.1, 0.15) is 0 Å². The summed E-state index contributed by atoms with van der Waals surface area (Å²) >= 11 is 0. The summed E-state index contributed by atoms with van der Waals surface area (Å²) in [6.45, 7) is 5.92. The Morgan fingerprint density at radius 3 is 2.38 bits per heavy atom. The molecule has 0 heterocycles. The number of rotatable bonds is 10. The van der Waals surface area contributed by atoms with E-state index in [1.165, 1.54) is 51.4 Å². The Morgan fingerprint density at radius 2 is 1.71 bits per heavy atom. The van der Waals surface area contributed by atoms with Crippen LogP contribution in [-0.2, 0) is 4.79 Å². The summed E-state index contributed by atoms with van der Waals surface area (Å²) in [5.74, 6) is 0.880. The van der Waals surface area contributed by atoms with Gasteiger partial charge in [0.25, 0.3) is 0 Å². The highest BCUT2D eigenvalue weighted by atomic mass is 16.2. The van der Waals surface area contributed by atoms with Crippen molar-refractivity contribution in [1.82, 2.24) is 4.90 Å². The normalized spacial score (nSPS) is 22.2. The predicted molar refractivity (Wildman–Crippen MR) is 90.2 cm³/mol. The number of amides is 1. The second-order valence-corrected chi connectivity index (χ2v) is 6.55. The summed E-state index contributed by atoms with van der Waals surface area (Å²) < 4.78 is 0. The first kappa shape index (κ1) is 18.5. The van der Waals surface area contributed by atoms with Gasteiger partial charge in [-0.1, -0.05) is 51.9 Å². The van der Waals surface area contributed by atoms with Crippen LogP contribution < -0.4 is 5.73 Å². The number of hydrogen-bond donors (Lipinski definition) is 1. The van der Waals surface area contributed by atoms with Gasteiger partial charge >= 0.3 is 0 Å². The van der Waals surface area contributed by atoms with Gasteiger partial charge < -0.3 is 10.6 Å². The zero-order valence-corrected chi connectivity index (χ0v) is 14.3. The van der Waals surface area contributed by atoms with E-state index in [2.05, 4.69) is 18.7 Å². The van der Waals surface area contributed by atoms with Crippen molar-refractivity contribution in [3.8, 4) is 0 Å². The lowest BCUT2D eigenvalue weighted by molar-refractivity contribution is -0.135. The summed E-state index contributed by atoms with van der Waals surface area (Å²) in [5.41, 5.74) is 5.92. The van der Waals surface area contributed by atoms with Crippen LogP contribution in [-0.4, -0.2) is 29.9 Å². The van der Waals surface area contributed by atoms with Crippen molar-refractivity contribution >= 4 is 5.91 Å². The monoisotopic (exact) mass is 296 g/mol. The third-order valence-electron chi connectivity index (χ3n) is 4.98. The highest BCUT2D eigenvalue weighted by Crippen LogP contribution is 2.28. The molecule has 2 N–H and O–H groups in total. The molecular formula is C18H36N2O. The van der Waals surface area contributed by atoms with Crippen LogP contribution >= 0.6 is 0 Å². The van der Waals surface area contributed by atoms with Gasteiger partial charge in [-0.15, -0.1) is 0 Å². The Labute approximate surface area is 131 Å². The molecule has 0 spiro atoms. The summed E-state index contributed by atoms with van der Waals surface area (Å²) in [5, 5.41) is 0. The van der Waals surface area contributed by atoms with Crippen molar-refractivity contribution in [1.29, 1.82) is 0 Å². The van der Waals surface area contributed by atoms with Crippen LogP contribution in [0.4, 0.5) is 0 Å². The Kier molecular flexibility index (Phi) is 9.73. The van der Waals surface area contributed by atoms with Crippen LogP contribution in [0.25, 0.3) is 0 Å². The molecule has 1 aliphatic rings. The molecule has 21 heavy (non-hydrogen) atoms. The van der Waals surface area contributed by atoms with Gasteiger partial charge in [-0.05, 0) is 38.6 Å². The van der Waals surface area contributed by atoms with Gasteiger partial charge in [0, 0.05) is 19.0 Å². The van der Waals surface area contributed by atoms with Gasteiger partial charge in [-0.3, -0.25) is 4.79 Å². The molecule has 1 fully saturated rings. The van der Waals surface area contributed by atoms with Gasteiger partial charge in [-0.2, -0.15) is 0 Å². The third-order valence-corrected chi connectivity index (χ3v) is 4.98. The maximum Gasteiger partial charge on any atom is 0.222 e. The van der Waals surface area contributed by atoms with Crippen LogP contribution in [0.3, 0.4) is 0 Å². The average molecular weight is 296 g/mol. The first-order chi connectivity index (χ1) is 10.2. The second-order valence-electron chi connectivity index (χ2n) is 6.55. The van der Waals surface area contributed by atoms with E-state index in [1.54, 1.807) is 0 Å². The Morgan fingerprint density at radius 1 is 1.05 bits per heavy atom. The van der Waals surface area contributed by atoms with Crippen LogP contribution in [0.2, 0.25) is 0 Å². The molecular weight excluding hydrogens is 260 g/mol. The SMILES string of the molecule is CCCCCCCCC(=O)N(CC)C1CCCCC1CN. The zero-order chi connectivity index (χ0) is 15.5. The molecule has 1 aliphatic carbocycles. The van der Waals surface area contributed by atoms with Gasteiger partial charge in [0.15, 0.2) is 0 Å². The minimum atomic E-state index is 0.360. The van der Waals surface area contributed by atoms with E-state index in [0.717, 1.165) is 32.4 Å². The molecule has 1 saturated carbocycles. The maximum absolute atomic E-state index is 12.5. The van der Waals surface area contributed by atoms with Crippen molar-refractivity contribution in [3.63, 3.8) is 0 Å².